The molecular formula is C24H21FN6O. The highest BCUT2D eigenvalue weighted by molar-refractivity contribution is 6.04. The average Bonchev–Trinajstić information content (AvgIpc) is 3.44. The fourth-order valence-electron chi connectivity index (χ4n) is 3.38. The lowest BCUT2D eigenvalue weighted by Crippen LogP contribution is -2.16. The lowest BCUT2D eigenvalue weighted by Gasteiger charge is -2.13. The van der Waals surface area contributed by atoms with Crippen molar-refractivity contribution in [3.05, 3.63) is 77.9 Å². The van der Waals surface area contributed by atoms with Crippen LogP contribution in [0.25, 0.3) is 17.2 Å². The second kappa shape index (κ2) is 8.47. The van der Waals surface area contributed by atoms with Crippen molar-refractivity contribution in [2.45, 2.75) is 26.8 Å². The molecule has 0 aliphatic carbocycles. The Morgan fingerprint density at radius 1 is 1.25 bits per heavy atom. The number of amides is 1. The monoisotopic (exact) mass is 428 g/mol. The summed E-state index contributed by atoms with van der Waals surface area (Å²) in [4.78, 5) is 25.8. The van der Waals surface area contributed by atoms with Crippen LogP contribution in [0.15, 0.2) is 55.2 Å². The predicted octanol–water partition coefficient (Wildman–Crippen LogP) is 4.39. The SMILES string of the molecule is C#Cc1cn(-c2cc(C(=O)Nc3cccc(-c4nccn4C(C)C)n3)c(F)cc2C)cn1. The molecule has 1 N–H and O–H groups in total. The van der Waals surface area contributed by atoms with E-state index in [1.54, 1.807) is 36.0 Å². The van der Waals surface area contributed by atoms with E-state index in [-0.39, 0.29) is 11.6 Å². The van der Waals surface area contributed by atoms with Gasteiger partial charge in [0.1, 0.15) is 29.4 Å². The molecule has 1 amide bonds. The number of aromatic nitrogens is 5. The van der Waals surface area contributed by atoms with Gasteiger partial charge in [0, 0.05) is 24.6 Å². The van der Waals surface area contributed by atoms with E-state index in [1.165, 1.54) is 18.5 Å². The first-order chi connectivity index (χ1) is 15.4. The van der Waals surface area contributed by atoms with Crippen LogP contribution >= 0.6 is 0 Å². The lowest BCUT2D eigenvalue weighted by molar-refractivity contribution is 0.102. The van der Waals surface area contributed by atoms with Gasteiger partial charge in [0.15, 0.2) is 5.82 Å². The van der Waals surface area contributed by atoms with Gasteiger partial charge in [-0.1, -0.05) is 6.07 Å². The number of hydrogen-bond donors (Lipinski definition) is 1. The van der Waals surface area contributed by atoms with Gasteiger partial charge in [-0.2, -0.15) is 0 Å². The number of nitrogens with zero attached hydrogens (tertiary/aromatic N) is 5. The molecule has 160 valence electrons. The molecule has 0 unspecified atom stereocenters. The van der Waals surface area contributed by atoms with Crippen LogP contribution < -0.4 is 5.32 Å². The van der Waals surface area contributed by atoms with Crippen molar-refractivity contribution in [3.63, 3.8) is 0 Å². The third-order valence-corrected chi connectivity index (χ3v) is 4.98. The molecule has 7 nitrogen and oxygen atoms in total. The Hall–Kier alpha value is -4.25. The fourth-order valence-corrected chi connectivity index (χ4v) is 3.38. The third kappa shape index (κ3) is 4.01. The first-order valence-electron chi connectivity index (χ1n) is 10.00. The van der Waals surface area contributed by atoms with Gasteiger partial charge in [-0.25, -0.2) is 19.3 Å². The molecule has 0 radical (unpaired) electrons. The fraction of sp³-hybridized carbons (Fsp3) is 0.167. The van der Waals surface area contributed by atoms with Crippen LogP contribution in [0.2, 0.25) is 0 Å². The van der Waals surface area contributed by atoms with Crippen molar-refractivity contribution >= 4 is 11.7 Å². The smallest absolute Gasteiger partial charge is 0.259 e. The summed E-state index contributed by atoms with van der Waals surface area (Å²) in [6, 6.07) is 8.20. The highest BCUT2D eigenvalue weighted by Gasteiger charge is 2.17. The molecule has 1 aromatic carbocycles. The first-order valence-corrected chi connectivity index (χ1v) is 10.00. The average molecular weight is 428 g/mol. The summed E-state index contributed by atoms with van der Waals surface area (Å²) >= 11 is 0. The van der Waals surface area contributed by atoms with E-state index in [4.69, 9.17) is 6.42 Å². The Labute approximate surface area is 185 Å². The zero-order chi connectivity index (χ0) is 22.8. The number of rotatable bonds is 5. The molecule has 4 aromatic rings. The summed E-state index contributed by atoms with van der Waals surface area (Å²) in [6.45, 7) is 5.83. The number of pyridine rings is 1. The first kappa shape index (κ1) is 21.0. The highest BCUT2D eigenvalue weighted by Crippen LogP contribution is 2.23. The molecule has 0 bridgehead atoms. The zero-order valence-corrected chi connectivity index (χ0v) is 17.9. The minimum atomic E-state index is -0.632. The number of carbonyl (C=O) groups excluding carboxylic acids is 1. The molecular weight excluding hydrogens is 407 g/mol. The Bertz CT molecular complexity index is 1340. The van der Waals surface area contributed by atoms with Crippen molar-refractivity contribution < 1.29 is 9.18 Å². The summed E-state index contributed by atoms with van der Waals surface area (Å²) in [5.74, 6) is 2.18. The summed E-state index contributed by atoms with van der Waals surface area (Å²) in [7, 11) is 0. The van der Waals surface area contributed by atoms with E-state index < -0.39 is 11.7 Å². The molecule has 32 heavy (non-hydrogen) atoms. The minimum absolute atomic E-state index is 0.113. The number of halogens is 1. The van der Waals surface area contributed by atoms with E-state index in [0.29, 0.717) is 34.3 Å². The maximum Gasteiger partial charge on any atom is 0.259 e. The molecule has 0 spiro atoms. The summed E-state index contributed by atoms with van der Waals surface area (Å²) in [6.07, 6.45) is 12.1. The second-order valence-electron chi connectivity index (χ2n) is 7.54. The minimum Gasteiger partial charge on any atom is -0.327 e. The van der Waals surface area contributed by atoms with Crippen molar-refractivity contribution in [1.82, 2.24) is 24.1 Å². The zero-order valence-electron chi connectivity index (χ0n) is 17.9. The lowest BCUT2D eigenvalue weighted by atomic mass is 10.1. The quantitative estimate of drug-likeness (QED) is 0.478. The highest BCUT2D eigenvalue weighted by atomic mass is 19.1. The molecule has 0 saturated carbocycles. The molecule has 0 fully saturated rings. The third-order valence-electron chi connectivity index (χ3n) is 4.98. The van der Waals surface area contributed by atoms with Crippen LogP contribution in [0.4, 0.5) is 10.2 Å². The Morgan fingerprint density at radius 2 is 2.06 bits per heavy atom. The van der Waals surface area contributed by atoms with E-state index in [2.05, 4.69) is 26.2 Å². The van der Waals surface area contributed by atoms with Crippen LogP contribution in [0, 0.1) is 25.1 Å². The Balaban J connectivity index is 1.64. The van der Waals surface area contributed by atoms with E-state index in [1.807, 2.05) is 30.7 Å². The predicted molar refractivity (Wildman–Crippen MR) is 120 cm³/mol. The van der Waals surface area contributed by atoms with Gasteiger partial charge in [-0.05, 0) is 56.5 Å². The molecule has 8 heteroatoms. The van der Waals surface area contributed by atoms with Crippen LogP contribution in [-0.4, -0.2) is 30.0 Å². The van der Waals surface area contributed by atoms with Crippen molar-refractivity contribution in [2.24, 2.45) is 0 Å². The van der Waals surface area contributed by atoms with Crippen LogP contribution in [0.5, 0.6) is 0 Å². The van der Waals surface area contributed by atoms with Crippen molar-refractivity contribution in [1.29, 1.82) is 0 Å². The second-order valence-corrected chi connectivity index (χ2v) is 7.54. The number of imidazole rings is 2. The Morgan fingerprint density at radius 3 is 2.78 bits per heavy atom. The van der Waals surface area contributed by atoms with Gasteiger partial charge in [0.2, 0.25) is 0 Å². The van der Waals surface area contributed by atoms with E-state index in [9.17, 15) is 9.18 Å². The van der Waals surface area contributed by atoms with E-state index >= 15 is 0 Å². The Kier molecular flexibility index (Phi) is 5.56. The number of nitrogens with one attached hydrogen (secondary N) is 1. The van der Waals surface area contributed by atoms with Crippen molar-refractivity contribution in [3.8, 4) is 29.5 Å². The number of anilines is 1. The summed E-state index contributed by atoms with van der Waals surface area (Å²) in [5, 5.41) is 2.68. The molecule has 0 aliphatic heterocycles. The molecule has 3 heterocycles. The largest absolute Gasteiger partial charge is 0.327 e. The topological polar surface area (TPSA) is 77.6 Å². The number of benzene rings is 1. The summed E-state index contributed by atoms with van der Waals surface area (Å²) in [5.41, 5.74) is 2.18. The molecule has 4 rings (SSSR count). The summed E-state index contributed by atoms with van der Waals surface area (Å²) < 4.78 is 18.3. The van der Waals surface area contributed by atoms with Gasteiger partial charge >= 0.3 is 0 Å². The number of aryl methyl sites for hydroxylation is 1. The maximum atomic E-state index is 14.7. The van der Waals surface area contributed by atoms with Gasteiger partial charge in [0.05, 0.1) is 11.3 Å². The standard InChI is InChI=1S/C24H21FN6O/c1-5-17-13-30(14-27-17)21-12-18(19(25)11-16(21)4)24(32)29-22-8-6-7-20(28-22)23-26-9-10-31(23)15(2)3/h1,6-15H,2-4H3,(H,28,29,32). The number of hydrogen-bond acceptors (Lipinski definition) is 4. The molecule has 0 atom stereocenters. The van der Waals surface area contributed by atoms with Gasteiger partial charge in [-0.3, -0.25) is 4.79 Å². The molecule has 0 saturated heterocycles. The van der Waals surface area contributed by atoms with Crippen LogP contribution in [0.3, 0.4) is 0 Å². The van der Waals surface area contributed by atoms with Gasteiger partial charge in [0.25, 0.3) is 5.91 Å². The van der Waals surface area contributed by atoms with Gasteiger partial charge in [-0.15, -0.1) is 6.42 Å². The number of carbonyl (C=O) groups is 1. The number of terminal acetylenes is 1. The van der Waals surface area contributed by atoms with Crippen LogP contribution in [-0.2, 0) is 0 Å². The van der Waals surface area contributed by atoms with Crippen molar-refractivity contribution in [2.75, 3.05) is 5.32 Å². The maximum absolute atomic E-state index is 14.7. The van der Waals surface area contributed by atoms with Crippen LogP contribution in [0.1, 0.15) is 41.5 Å². The normalized spacial score (nSPS) is 10.9. The molecule has 0 aliphatic rings. The van der Waals surface area contributed by atoms with Gasteiger partial charge < -0.3 is 14.5 Å². The van der Waals surface area contributed by atoms with E-state index in [0.717, 1.165) is 0 Å². The molecule has 3 aromatic heterocycles.